The highest BCUT2D eigenvalue weighted by Gasteiger charge is 2.33. The molecule has 0 aliphatic rings. The summed E-state index contributed by atoms with van der Waals surface area (Å²) in [6.07, 6.45) is 0.249. The summed E-state index contributed by atoms with van der Waals surface area (Å²) in [4.78, 5) is 11.6. The minimum Gasteiger partial charge on any atom is -0.480 e. The van der Waals surface area contributed by atoms with E-state index in [1.165, 1.54) is 12.1 Å². The van der Waals surface area contributed by atoms with Gasteiger partial charge >= 0.3 is 5.97 Å². The van der Waals surface area contributed by atoms with E-state index >= 15 is 0 Å². The number of hydrogen-bond acceptors (Lipinski definition) is 2. The predicted octanol–water partition coefficient (Wildman–Crippen LogP) is 4.09. The molecule has 0 aliphatic carbocycles. The summed E-state index contributed by atoms with van der Waals surface area (Å²) in [5.74, 6) is -1.30. The highest BCUT2D eigenvalue weighted by Crippen LogP contribution is 2.22. The first kappa shape index (κ1) is 15.5. The van der Waals surface area contributed by atoms with Crippen LogP contribution in [-0.2, 0) is 11.2 Å². The van der Waals surface area contributed by atoms with Gasteiger partial charge in [0.15, 0.2) is 0 Å². The number of carboxylic acids is 1. The molecular weight excluding hydrogens is 337 g/mol. The van der Waals surface area contributed by atoms with E-state index in [-0.39, 0.29) is 12.2 Å². The number of hydrogen-bond donors (Lipinski definition) is 2. The van der Waals surface area contributed by atoms with Gasteiger partial charge in [-0.1, -0.05) is 28.1 Å². The normalized spacial score (nSPS) is 13.5. The summed E-state index contributed by atoms with van der Waals surface area (Å²) >= 11 is 3.33. The topological polar surface area (TPSA) is 49.3 Å². The second-order valence-corrected chi connectivity index (χ2v) is 5.99. The van der Waals surface area contributed by atoms with Gasteiger partial charge in [0.2, 0.25) is 0 Å². The highest BCUT2D eigenvalue weighted by atomic mass is 79.9. The minimum atomic E-state index is -1.17. The van der Waals surface area contributed by atoms with Gasteiger partial charge in [-0.15, -0.1) is 0 Å². The zero-order chi connectivity index (χ0) is 15.5. The molecule has 2 rings (SSSR count). The molecule has 0 spiro atoms. The Labute approximate surface area is 130 Å². The Morgan fingerprint density at radius 2 is 1.76 bits per heavy atom. The number of carbonyl (C=O) groups is 1. The Hall–Kier alpha value is -1.88. The second kappa shape index (κ2) is 6.26. The van der Waals surface area contributed by atoms with Crippen molar-refractivity contribution < 1.29 is 14.3 Å². The van der Waals surface area contributed by atoms with Crippen LogP contribution in [0.5, 0.6) is 0 Å². The number of rotatable bonds is 5. The summed E-state index contributed by atoms with van der Waals surface area (Å²) in [6, 6.07) is 13.1. The zero-order valence-electron chi connectivity index (χ0n) is 11.4. The average Bonchev–Trinajstić information content (AvgIpc) is 2.44. The van der Waals surface area contributed by atoms with Crippen molar-refractivity contribution in [2.24, 2.45) is 0 Å². The fraction of sp³-hybridized carbons (Fsp3) is 0.188. The summed E-state index contributed by atoms with van der Waals surface area (Å²) in [5.41, 5.74) is 0.294. The quantitative estimate of drug-likeness (QED) is 0.852. The maximum Gasteiger partial charge on any atom is 0.329 e. The van der Waals surface area contributed by atoms with Crippen LogP contribution in [0.4, 0.5) is 10.1 Å². The van der Waals surface area contributed by atoms with Crippen LogP contribution in [0.15, 0.2) is 53.0 Å². The molecule has 0 bridgehead atoms. The summed E-state index contributed by atoms with van der Waals surface area (Å²) in [5, 5.41) is 12.5. The lowest BCUT2D eigenvalue weighted by Gasteiger charge is -2.27. The number of nitrogens with one attached hydrogen (secondary N) is 1. The predicted molar refractivity (Wildman–Crippen MR) is 83.9 cm³/mol. The molecule has 0 saturated heterocycles. The molecule has 110 valence electrons. The minimum absolute atomic E-state index is 0.249. The van der Waals surface area contributed by atoms with Gasteiger partial charge in [-0.2, -0.15) is 0 Å². The molecule has 0 radical (unpaired) electrons. The van der Waals surface area contributed by atoms with E-state index in [0.29, 0.717) is 5.69 Å². The average molecular weight is 352 g/mol. The van der Waals surface area contributed by atoms with E-state index in [9.17, 15) is 14.3 Å². The molecule has 3 nitrogen and oxygen atoms in total. The molecule has 0 heterocycles. The molecule has 1 unspecified atom stereocenters. The smallest absolute Gasteiger partial charge is 0.329 e. The van der Waals surface area contributed by atoms with E-state index in [1.807, 2.05) is 12.1 Å². The Bertz CT molecular complexity index is 578. The number of aliphatic carboxylic acids is 1. The van der Waals surface area contributed by atoms with Crippen molar-refractivity contribution in [3.8, 4) is 0 Å². The van der Waals surface area contributed by atoms with Crippen LogP contribution >= 0.6 is 15.9 Å². The van der Waals surface area contributed by atoms with Gasteiger partial charge in [-0.05, 0) is 48.9 Å². The molecule has 0 amide bonds. The first-order valence-corrected chi connectivity index (χ1v) is 7.20. The fourth-order valence-electron chi connectivity index (χ4n) is 2.04. The van der Waals surface area contributed by atoms with Gasteiger partial charge in [0, 0.05) is 16.6 Å². The van der Waals surface area contributed by atoms with Crippen LogP contribution < -0.4 is 5.32 Å². The number of halogens is 2. The number of carboxylic acid groups (broad SMARTS) is 1. The molecule has 2 aromatic carbocycles. The third-order valence-corrected chi connectivity index (χ3v) is 3.74. The molecule has 5 heteroatoms. The first-order chi connectivity index (χ1) is 9.89. The van der Waals surface area contributed by atoms with E-state index < -0.39 is 11.5 Å². The van der Waals surface area contributed by atoms with Crippen LogP contribution in [0, 0.1) is 5.82 Å². The SMILES string of the molecule is CC(Cc1ccc(F)cc1)(Nc1ccc(Br)cc1)C(=O)O. The Balaban J connectivity index is 2.21. The van der Waals surface area contributed by atoms with Crippen molar-refractivity contribution in [3.63, 3.8) is 0 Å². The summed E-state index contributed by atoms with van der Waals surface area (Å²) in [6.45, 7) is 1.61. The molecule has 1 atom stereocenters. The lowest BCUT2D eigenvalue weighted by molar-refractivity contribution is -0.141. The molecule has 0 saturated carbocycles. The van der Waals surface area contributed by atoms with E-state index in [2.05, 4.69) is 21.2 Å². The van der Waals surface area contributed by atoms with Gasteiger partial charge in [-0.3, -0.25) is 0 Å². The maximum atomic E-state index is 12.9. The zero-order valence-corrected chi connectivity index (χ0v) is 13.0. The Morgan fingerprint density at radius 1 is 1.19 bits per heavy atom. The molecule has 21 heavy (non-hydrogen) atoms. The third-order valence-electron chi connectivity index (χ3n) is 3.21. The fourth-order valence-corrected chi connectivity index (χ4v) is 2.30. The standard InChI is InChI=1S/C16H15BrFNO2/c1-16(15(20)21,10-11-2-6-13(18)7-3-11)19-14-8-4-12(17)5-9-14/h2-9,19H,10H2,1H3,(H,20,21). The molecule has 0 aliphatic heterocycles. The van der Waals surface area contributed by atoms with Crippen LogP contribution in [0.1, 0.15) is 12.5 Å². The first-order valence-electron chi connectivity index (χ1n) is 6.41. The summed E-state index contributed by atoms with van der Waals surface area (Å²) in [7, 11) is 0. The van der Waals surface area contributed by atoms with E-state index in [1.54, 1.807) is 31.2 Å². The lowest BCUT2D eigenvalue weighted by atomic mass is 9.92. The second-order valence-electron chi connectivity index (χ2n) is 5.07. The molecule has 2 aromatic rings. The van der Waals surface area contributed by atoms with Crippen LogP contribution in [0.3, 0.4) is 0 Å². The van der Waals surface area contributed by atoms with Gasteiger partial charge in [0.25, 0.3) is 0 Å². The van der Waals surface area contributed by atoms with Crippen LogP contribution in [0.2, 0.25) is 0 Å². The number of anilines is 1. The number of benzene rings is 2. The van der Waals surface area contributed by atoms with Gasteiger partial charge in [-0.25, -0.2) is 9.18 Å². The maximum absolute atomic E-state index is 12.9. The van der Waals surface area contributed by atoms with Crippen LogP contribution in [0.25, 0.3) is 0 Å². The Morgan fingerprint density at radius 3 is 2.29 bits per heavy atom. The van der Waals surface area contributed by atoms with Gasteiger partial charge in [0.05, 0.1) is 0 Å². The Kier molecular flexibility index (Phi) is 4.63. The van der Waals surface area contributed by atoms with Gasteiger partial charge < -0.3 is 10.4 Å². The van der Waals surface area contributed by atoms with Crippen molar-refractivity contribution >= 4 is 27.6 Å². The highest BCUT2D eigenvalue weighted by molar-refractivity contribution is 9.10. The lowest BCUT2D eigenvalue weighted by Crippen LogP contribution is -2.45. The van der Waals surface area contributed by atoms with Crippen molar-refractivity contribution in [1.29, 1.82) is 0 Å². The van der Waals surface area contributed by atoms with Gasteiger partial charge in [0.1, 0.15) is 11.4 Å². The van der Waals surface area contributed by atoms with E-state index in [0.717, 1.165) is 10.0 Å². The summed E-state index contributed by atoms with van der Waals surface area (Å²) < 4.78 is 13.8. The molecule has 2 N–H and O–H groups in total. The molecule has 0 aromatic heterocycles. The molecular formula is C16H15BrFNO2. The van der Waals surface area contributed by atoms with Crippen molar-refractivity contribution in [1.82, 2.24) is 0 Å². The van der Waals surface area contributed by atoms with Crippen molar-refractivity contribution in [2.45, 2.75) is 18.9 Å². The van der Waals surface area contributed by atoms with Crippen molar-refractivity contribution in [2.75, 3.05) is 5.32 Å². The largest absolute Gasteiger partial charge is 0.480 e. The third kappa shape index (κ3) is 4.04. The van der Waals surface area contributed by atoms with Crippen LogP contribution in [-0.4, -0.2) is 16.6 Å². The van der Waals surface area contributed by atoms with Crippen molar-refractivity contribution in [3.05, 3.63) is 64.4 Å². The van der Waals surface area contributed by atoms with E-state index in [4.69, 9.17) is 0 Å². The molecule has 0 fully saturated rings. The monoisotopic (exact) mass is 351 g/mol.